The zero-order valence-electron chi connectivity index (χ0n) is 20.9. The maximum Gasteiger partial charge on any atom is 0.296 e. The van der Waals surface area contributed by atoms with E-state index in [-0.39, 0.29) is 11.3 Å². The predicted molar refractivity (Wildman–Crippen MR) is 149 cm³/mol. The van der Waals surface area contributed by atoms with Crippen molar-refractivity contribution in [1.29, 1.82) is 0 Å². The first-order valence-electron chi connectivity index (χ1n) is 12.2. The molecule has 0 aliphatic heterocycles. The van der Waals surface area contributed by atoms with Crippen LogP contribution in [0.25, 0.3) is 27.5 Å². The lowest BCUT2D eigenvalue weighted by Crippen LogP contribution is -2.27. The lowest BCUT2D eigenvalue weighted by molar-refractivity contribution is 0.102. The number of carbonyl (C=O) groups excluding carboxylic acids is 1. The topological polar surface area (TPSA) is 78.2 Å². The van der Waals surface area contributed by atoms with Gasteiger partial charge in [-0.25, -0.2) is 0 Å². The molecule has 1 amide bonds. The highest BCUT2D eigenvalue weighted by Gasteiger charge is 2.23. The molecule has 0 aliphatic carbocycles. The summed E-state index contributed by atoms with van der Waals surface area (Å²) in [5, 5.41) is 8.85. The third-order valence-corrected chi connectivity index (χ3v) is 6.52. The summed E-state index contributed by atoms with van der Waals surface area (Å²) in [6.07, 6.45) is 0. The first kappa shape index (κ1) is 23.2. The van der Waals surface area contributed by atoms with Gasteiger partial charge in [0, 0.05) is 29.0 Å². The smallest absolute Gasteiger partial charge is 0.296 e. The van der Waals surface area contributed by atoms with Gasteiger partial charge >= 0.3 is 0 Å². The zero-order chi connectivity index (χ0) is 26.2. The van der Waals surface area contributed by atoms with Gasteiger partial charge in [-0.1, -0.05) is 54.1 Å². The molecule has 0 aliphatic rings. The summed E-state index contributed by atoms with van der Waals surface area (Å²) in [6.45, 7) is 1.97. The molecule has 0 unspecified atom stereocenters. The molecule has 0 radical (unpaired) electrons. The summed E-state index contributed by atoms with van der Waals surface area (Å²) in [6, 6.07) is 31.7. The lowest BCUT2D eigenvalue weighted by Gasteiger charge is -2.11. The van der Waals surface area contributed by atoms with Crippen LogP contribution in [-0.2, 0) is 7.05 Å². The van der Waals surface area contributed by atoms with E-state index in [1.54, 1.807) is 24.3 Å². The van der Waals surface area contributed by atoms with E-state index in [9.17, 15) is 9.59 Å². The van der Waals surface area contributed by atoms with Crippen LogP contribution in [0.1, 0.15) is 16.1 Å². The molecule has 0 atom stereocenters. The highest BCUT2D eigenvalue weighted by atomic mass is 16.5. The van der Waals surface area contributed by atoms with Crippen LogP contribution in [0.5, 0.6) is 11.5 Å². The second kappa shape index (κ2) is 9.37. The van der Waals surface area contributed by atoms with Crippen LogP contribution in [0.2, 0.25) is 0 Å². The maximum absolute atomic E-state index is 13.7. The van der Waals surface area contributed by atoms with Crippen LogP contribution in [0.3, 0.4) is 0 Å². The van der Waals surface area contributed by atoms with E-state index in [0.717, 1.165) is 22.2 Å². The third-order valence-electron chi connectivity index (χ3n) is 6.52. The van der Waals surface area contributed by atoms with Gasteiger partial charge < -0.3 is 14.6 Å². The van der Waals surface area contributed by atoms with Crippen LogP contribution in [0.4, 0.5) is 5.69 Å². The second-order valence-corrected chi connectivity index (χ2v) is 9.09. The minimum Gasteiger partial charge on any atom is -0.457 e. The van der Waals surface area contributed by atoms with Crippen LogP contribution < -0.4 is 15.6 Å². The van der Waals surface area contributed by atoms with Crippen LogP contribution in [-0.4, -0.2) is 20.3 Å². The number of para-hydroxylation sites is 2. The zero-order valence-corrected chi connectivity index (χ0v) is 20.9. The van der Waals surface area contributed by atoms with Gasteiger partial charge in [0.15, 0.2) is 5.69 Å². The number of nitrogens with one attached hydrogen (secondary N) is 1. The number of hydrogen-bond acceptors (Lipinski definition) is 4. The fourth-order valence-corrected chi connectivity index (χ4v) is 4.62. The Labute approximate surface area is 218 Å². The van der Waals surface area contributed by atoms with Gasteiger partial charge in [0.05, 0.1) is 5.69 Å². The van der Waals surface area contributed by atoms with Gasteiger partial charge in [-0.2, -0.15) is 9.78 Å². The fraction of sp³-hybridized carbons (Fsp3) is 0.0645. The molecule has 6 aromatic rings. The largest absolute Gasteiger partial charge is 0.457 e. The monoisotopic (exact) mass is 500 g/mol. The normalized spacial score (nSPS) is 11.1. The molecule has 2 heterocycles. The Hall–Kier alpha value is -5.17. The van der Waals surface area contributed by atoms with Crippen molar-refractivity contribution >= 4 is 33.4 Å². The Morgan fingerprint density at radius 2 is 1.47 bits per heavy atom. The van der Waals surface area contributed by atoms with Crippen molar-refractivity contribution in [3.63, 3.8) is 0 Å². The Kier molecular flexibility index (Phi) is 5.73. The summed E-state index contributed by atoms with van der Waals surface area (Å²) < 4.78 is 8.98. The van der Waals surface area contributed by atoms with Crippen molar-refractivity contribution in [2.24, 2.45) is 7.05 Å². The average molecular weight is 501 g/mol. The number of rotatable bonds is 5. The summed E-state index contributed by atoms with van der Waals surface area (Å²) in [7, 11) is 1.83. The van der Waals surface area contributed by atoms with E-state index < -0.39 is 5.91 Å². The van der Waals surface area contributed by atoms with Gasteiger partial charge in [-0.05, 0) is 61.5 Å². The molecule has 0 bridgehead atoms. The molecule has 7 heteroatoms. The second-order valence-electron chi connectivity index (χ2n) is 9.09. The first-order valence-corrected chi connectivity index (χ1v) is 12.2. The summed E-state index contributed by atoms with van der Waals surface area (Å²) in [5.74, 6) is 0.964. The molecule has 4 aromatic carbocycles. The number of benzene rings is 4. The average Bonchev–Trinajstić information content (AvgIpc) is 3.24. The van der Waals surface area contributed by atoms with Gasteiger partial charge in [0.2, 0.25) is 0 Å². The van der Waals surface area contributed by atoms with Crippen molar-refractivity contribution in [2.75, 3.05) is 5.32 Å². The van der Waals surface area contributed by atoms with Gasteiger partial charge in [-0.15, -0.1) is 0 Å². The van der Waals surface area contributed by atoms with E-state index in [1.165, 1.54) is 4.68 Å². The van der Waals surface area contributed by atoms with Crippen molar-refractivity contribution in [2.45, 2.75) is 6.92 Å². The lowest BCUT2D eigenvalue weighted by atomic mass is 10.1. The standard InChI is InChI=1S/C31H24N4O3/c1-20-12-16-22(17-13-20)35-31(37)29-27(25-10-6-7-11-26(25)34(29)2)28(33-35)30(36)32-21-14-18-24(19-15-21)38-23-8-4-3-5-9-23/h3-19H,1-2H3,(H,32,36). The van der Waals surface area contributed by atoms with E-state index in [2.05, 4.69) is 10.4 Å². The molecule has 1 N–H and O–H groups in total. The van der Waals surface area contributed by atoms with Crippen LogP contribution in [0.15, 0.2) is 108 Å². The number of nitrogens with zero attached hydrogens (tertiary/aromatic N) is 3. The molecule has 7 nitrogen and oxygen atoms in total. The Balaban J connectivity index is 1.43. The number of fused-ring (bicyclic) bond motifs is 3. The van der Waals surface area contributed by atoms with Gasteiger partial charge in [0.25, 0.3) is 11.5 Å². The highest BCUT2D eigenvalue weighted by molar-refractivity contribution is 6.19. The number of aryl methyl sites for hydroxylation is 2. The predicted octanol–water partition coefficient (Wildman–Crippen LogP) is 6.23. The minimum atomic E-state index is -0.413. The molecule has 0 saturated heterocycles. The van der Waals surface area contributed by atoms with Crippen molar-refractivity contribution in [3.05, 3.63) is 125 Å². The molecule has 38 heavy (non-hydrogen) atoms. The molecule has 2 aromatic heterocycles. The fourth-order valence-electron chi connectivity index (χ4n) is 4.62. The SMILES string of the molecule is Cc1ccc(-n2nc(C(=O)Nc3ccc(Oc4ccccc4)cc3)c3c4ccccc4n(C)c3c2=O)cc1. The molecule has 0 fully saturated rings. The summed E-state index contributed by atoms with van der Waals surface area (Å²) >= 11 is 0. The first-order chi connectivity index (χ1) is 18.5. The van der Waals surface area contributed by atoms with Crippen molar-refractivity contribution < 1.29 is 9.53 Å². The molecular formula is C31H24N4O3. The summed E-state index contributed by atoms with van der Waals surface area (Å²) in [4.78, 5) is 27.3. The Morgan fingerprint density at radius 3 is 2.21 bits per heavy atom. The number of hydrogen-bond donors (Lipinski definition) is 1. The van der Waals surface area contributed by atoms with E-state index >= 15 is 0 Å². The maximum atomic E-state index is 13.7. The van der Waals surface area contributed by atoms with Crippen molar-refractivity contribution in [1.82, 2.24) is 14.3 Å². The highest BCUT2D eigenvalue weighted by Crippen LogP contribution is 2.29. The van der Waals surface area contributed by atoms with Crippen LogP contribution in [0, 0.1) is 6.92 Å². The number of ether oxygens (including phenoxy) is 1. The molecule has 6 rings (SSSR count). The molecule has 0 spiro atoms. The summed E-state index contributed by atoms with van der Waals surface area (Å²) in [5.41, 5.74) is 3.37. The Bertz CT molecular complexity index is 1850. The number of anilines is 1. The van der Waals surface area contributed by atoms with Gasteiger partial charge in [-0.3, -0.25) is 9.59 Å². The number of aromatic nitrogens is 3. The van der Waals surface area contributed by atoms with E-state index in [4.69, 9.17) is 4.74 Å². The van der Waals surface area contributed by atoms with E-state index in [1.807, 2.05) is 97.4 Å². The van der Waals surface area contributed by atoms with Crippen LogP contribution >= 0.6 is 0 Å². The van der Waals surface area contributed by atoms with Gasteiger partial charge in [0.1, 0.15) is 17.0 Å². The number of amides is 1. The van der Waals surface area contributed by atoms with Crippen molar-refractivity contribution in [3.8, 4) is 17.2 Å². The quantitative estimate of drug-likeness (QED) is 0.304. The Morgan fingerprint density at radius 1 is 0.816 bits per heavy atom. The molecule has 0 saturated carbocycles. The molecule has 186 valence electrons. The molecular weight excluding hydrogens is 476 g/mol. The third kappa shape index (κ3) is 4.10. The minimum absolute atomic E-state index is 0.168. The van der Waals surface area contributed by atoms with E-state index in [0.29, 0.717) is 28.0 Å². The number of carbonyl (C=O) groups is 1.